The third-order valence-electron chi connectivity index (χ3n) is 4.39. The van der Waals surface area contributed by atoms with Gasteiger partial charge in [-0.1, -0.05) is 45.4 Å². The summed E-state index contributed by atoms with van der Waals surface area (Å²) in [5.41, 5.74) is 6.29. The molecule has 1 saturated carbocycles. The van der Waals surface area contributed by atoms with Crippen molar-refractivity contribution >= 4 is 24.1 Å². The van der Waals surface area contributed by atoms with Crippen LogP contribution in [0.2, 0.25) is 0 Å². The number of anilines is 1. The zero-order valence-electron chi connectivity index (χ0n) is 13.7. The van der Waals surface area contributed by atoms with Gasteiger partial charge in [0.15, 0.2) is 5.82 Å². The van der Waals surface area contributed by atoms with Crippen molar-refractivity contribution in [1.82, 2.24) is 10.2 Å². The van der Waals surface area contributed by atoms with Gasteiger partial charge in [0.1, 0.15) is 0 Å². The topological polar surface area (TPSA) is 83.8 Å². The fourth-order valence-electron chi connectivity index (χ4n) is 3.12. The maximum absolute atomic E-state index is 12.1. The Balaban J connectivity index is 0.00000242. The van der Waals surface area contributed by atoms with Crippen molar-refractivity contribution in [3.05, 3.63) is 11.8 Å². The monoisotopic (exact) mass is 328 g/mol. The second-order valence-electron chi connectivity index (χ2n) is 6.61. The number of rotatable bonds is 6. The molecule has 1 atom stereocenters. The first-order chi connectivity index (χ1) is 10.0. The van der Waals surface area contributed by atoms with Gasteiger partial charge in [-0.2, -0.15) is 5.10 Å². The number of nitrogens with one attached hydrogen (secondary N) is 2. The molecule has 6 heteroatoms. The summed E-state index contributed by atoms with van der Waals surface area (Å²) in [6.07, 6.45) is 9.23. The highest BCUT2D eigenvalue weighted by molar-refractivity contribution is 5.96. The van der Waals surface area contributed by atoms with E-state index in [1.807, 2.05) is 13.0 Å². The average Bonchev–Trinajstić information content (AvgIpc) is 2.87. The van der Waals surface area contributed by atoms with Gasteiger partial charge in [-0.25, -0.2) is 0 Å². The van der Waals surface area contributed by atoms with Gasteiger partial charge in [0.25, 0.3) is 0 Å². The van der Waals surface area contributed by atoms with Crippen LogP contribution in [0.1, 0.15) is 64.5 Å². The number of H-pyrrole nitrogens is 1. The van der Waals surface area contributed by atoms with Crippen LogP contribution in [0.5, 0.6) is 0 Å². The van der Waals surface area contributed by atoms with E-state index in [9.17, 15) is 4.79 Å². The smallest absolute Gasteiger partial charge is 0.245 e. The van der Waals surface area contributed by atoms with E-state index in [0.29, 0.717) is 12.2 Å². The summed E-state index contributed by atoms with van der Waals surface area (Å²) in [5.74, 6) is 1.17. The zero-order chi connectivity index (χ0) is 15.3. The lowest BCUT2D eigenvalue weighted by Crippen LogP contribution is -2.48. The van der Waals surface area contributed by atoms with Crippen molar-refractivity contribution in [3.8, 4) is 0 Å². The lowest BCUT2D eigenvalue weighted by molar-refractivity contribution is -0.120. The quantitative estimate of drug-likeness (QED) is 0.748. The van der Waals surface area contributed by atoms with Crippen LogP contribution in [0.3, 0.4) is 0 Å². The number of aromatic amines is 1. The number of nitrogens with two attached hydrogens (primary N) is 1. The standard InChI is InChI=1S/C16H28N4O.ClH/c1-3-9-16(2,17)15(21)18-14-11-13(19-20-14)10-12-7-5-4-6-8-12;/h11-12H,3-10,17H2,1-2H3,(H2,18,19,20,21);1H. The predicted molar refractivity (Wildman–Crippen MR) is 92.2 cm³/mol. The Morgan fingerprint density at radius 1 is 1.45 bits per heavy atom. The zero-order valence-corrected chi connectivity index (χ0v) is 14.5. The molecule has 0 saturated heterocycles. The van der Waals surface area contributed by atoms with Crippen molar-refractivity contribution in [2.45, 2.75) is 70.8 Å². The van der Waals surface area contributed by atoms with E-state index in [-0.39, 0.29) is 18.3 Å². The largest absolute Gasteiger partial charge is 0.318 e. The van der Waals surface area contributed by atoms with E-state index < -0.39 is 5.54 Å². The summed E-state index contributed by atoms with van der Waals surface area (Å²) >= 11 is 0. The van der Waals surface area contributed by atoms with Crippen LogP contribution in [0, 0.1) is 5.92 Å². The minimum Gasteiger partial charge on any atom is -0.318 e. The highest BCUT2D eigenvalue weighted by atomic mass is 35.5. The molecule has 1 heterocycles. The van der Waals surface area contributed by atoms with E-state index >= 15 is 0 Å². The molecule has 2 rings (SSSR count). The Kier molecular flexibility index (Phi) is 7.36. The summed E-state index contributed by atoms with van der Waals surface area (Å²) in [6, 6.07) is 1.94. The summed E-state index contributed by atoms with van der Waals surface area (Å²) in [6.45, 7) is 3.79. The molecule has 4 N–H and O–H groups in total. The molecule has 1 aliphatic rings. The maximum atomic E-state index is 12.1. The minimum absolute atomic E-state index is 0. The first-order valence-corrected chi connectivity index (χ1v) is 8.16. The Hall–Kier alpha value is -1.07. The molecule has 1 aromatic rings. The van der Waals surface area contributed by atoms with Crippen LogP contribution in [0.25, 0.3) is 0 Å². The molecule has 22 heavy (non-hydrogen) atoms. The fourth-order valence-corrected chi connectivity index (χ4v) is 3.12. The van der Waals surface area contributed by atoms with Crippen LogP contribution in [0.4, 0.5) is 5.82 Å². The number of halogens is 1. The van der Waals surface area contributed by atoms with Crippen molar-refractivity contribution in [1.29, 1.82) is 0 Å². The molecule has 0 aromatic carbocycles. The van der Waals surface area contributed by atoms with Crippen molar-refractivity contribution in [2.24, 2.45) is 11.7 Å². The number of hydrogen-bond acceptors (Lipinski definition) is 3. The maximum Gasteiger partial charge on any atom is 0.245 e. The van der Waals surface area contributed by atoms with E-state index in [4.69, 9.17) is 5.73 Å². The number of amides is 1. The Bertz CT molecular complexity index is 466. The number of hydrogen-bond donors (Lipinski definition) is 3. The van der Waals surface area contributed by atoms with Gasteiger partial charge in [0, 0.05) is 11.8 Å². The second-order valence-corrected chi connectivity index (χ2v) is 6.61. The molecule has 0 aliphatic heterocycles. The molecule has 126 valence electrons. The predicted octanol–water partition coefficient (Wildman–Crippen LogP) is 3.41. The van der Waals surface area contributed by atoms with Crippen LogP contribution >= 0.6 is 12.4 Å². The molecular weight excluding hydrogens is 300 g/mol. The number of carbonyl (C=O) groups is 1. The van der Waals surface area contributed by atoms with Crippen molar-refractivity contribution in [3.63, 3.8) is 0 Å². The molecular formula is C16H29ClN4O. The summed E-state index contributed by atoms with van der Waals surface area (Å²) in [7, 11) is 0. The number of carbonyl (C=O) groups excluding carboxylic acids is 1. The molecule has 1 unspecified atom stereocenters. The van der Waals surface area contributed by atoms with Gasteiger partial charge in [-0.15, -0.1) is 12.4 Å². The highest BCUT2D eigenvalue weighted by Gasteiger charge is 2.27. The normalized spacial score (nSPS) is 18.3. The van der Waals surface area contributed by atoms with E-state index in [1.54, 1.807) is 6.92 Å². The molecule has 1 aromatic heterocycles. The van der Waals surface area contributed by atoms with Gasteiger partial charge in [-0.05, 0) is 25.7 Å². The van der Waals surface area contributed by atoms with Gasteiger partial charge in [0.2, 0.25) is 5.91 Å². The Labute approximate surface area is 139 Å². The van der Waals surface area contributed by atoms with Gasteiger partial charge in [-0.3, -0.25) is 9.89 Å². The van der Waals surface area contributed by atoms with Crippen molar-refractivity contribution < 1.29 is 4.79 Å². The second kappa shape index (κ2) is 8.53. The molecule has 5 nitrogen and oxygen atoms in total. The van der Waals surface area contributed by atoms with Crippen LogP contribution in [0.15, 0.2) is 6.07 Å². The lowest BCUT2D eigenvalue weighted by Gasteiger charge is -2.22. The van der Waals surface area contributed by atoms with Gasteiger partial charge >= 0.3 is 0 Å². The molecule has 0 radical (unpaired) electrons. The first-order valence-electron chi connectivity index (χ1n) is 8.16. The lowest BCUT2D eigenvalue weighted by atomic mass is 9.86. The van der Waals surface area contributed by atoms with E-state index in [2.05, 4.69) is 15.5 Å². The Morgan fingerprint density at radius 3 is 2.77 bits per heavy atom. The van der Waals surface area contributed by atoms with Gasteiger partial charge < -0.3 is 11.1 Å². The van der Waals surface area contributed by atoms with Crippen molar-refractivity contribution in [2.75, 3.05) is 5.32 Å². The molecule has 0 spiro atoms. The molecule has 1 aliphatic carbocycles. The number of nitrogens with zero attached hydrogens (tertiary/aromatic N) is 1. The highest BCUT2D eigenvalue weighted by Crippen LogP contribution is 2.26. The fraction of sp³-hybridized carbons (Fsp3) is 0.750. The summed E-state index contributed by atoms with van der Waals surface area (Å²) in [4.78, 5) is 12.1. The summed E-state index contributed by atoms with van der Waals surface area (Å²) in [5, 5.41) is 10.0. The van der Waals surface area contributed by atoms with Crippen LogP contribution in [-0.2, 0) is 11.2 Å². The third-order valence-corrected chi connectivity index (χ3v) is 4.39. The first kappa shape index (κ1) is 19.0. The SMILES string of the molecule is CCCC(C)(N)C(=O)Nc1cc(CC2CCCCC2)[nH]n1.Cl. The number of aromatic nitrogens is 2. The van der Waals surface area contributed by atoms with Gasteiger partial charge in [0.05, 0.1) is 5.54 Å². The molecule has 0 bridgehead atoms. The minimum atomic E-state index is -0.836. The molecule has 1 fully saturated rings. The average molecular weight is 329 g/mol. The van der Waals surface area contributed by atoms with E-state index in [0.717, 1.165) is 24.5 Å². The van der Waals surface area contributed by atoms with Crippen LogP contribution < -0.4 is 11.1 Å². The van der Waals surface area contributed by atoms with E-state index in [1.165, 1.54) is 32.1 Å². The molecule has 1 amide bonds. The van der Waals surface area contributed by atoms with Crippen LogP contribution in [-0.4, -0.2) is 21.6 Å². The summed E-state index contributed by atoms with van der Waals surface area (Å²) < 4.78 is 0. The Morgan fingerprint density at radius 2 is 2.14 bits per heavy atom. The third kappa shape index (κ3) is 5.29.